The Morgan fingerprint density at radius 3 is 2.52 bits per heavy atom. The number of carbonyl (C=O) groups is 1. The number of rotatable bonds is 3. The van der Waals surface area contributed by atoms with Crippen LogP contribution in [-0.4, -0.2) is 24.6 Å². The van der Waals surface area contributed by atoms with Gasteiger partial charge in [-0.2, -0.15) is 0 Å². The van der Waals surface area contributed by atoms with E-state index in [0.29, 0.717) is 5.56 Å². The zero-order valence-electron chi connectivity index (χ0n) is 12.0. The Morgan fingerprint density at radius 2 is 1.81 bits per heavy atom. The van der Waals surface area contributed by atoms with Crippen LogP contribution in [0.4, 0.5) is 0 Å². The number of ether oxygens (including phenoxy) is 1. The van der Waals surface area contributed by atoms with Gasteiger partial charge in [0.25, 0.3) is 5.91 Å². The molecule has 4 heteroatoms. The molecule has 3 rings (SSSR count). The number of methoxy groups -OCH3 is 1. The van der Waals surface area contributed by atoms with Crippen molar-refractivity contribution in [1.82, 2.24) is 10.4 Å². The smallest absolute Gasteiger partial charge is 0.265 e. The van der Waals surface area contributed by atoms with Gasteiger partial charge in [0.2, 0.25) is 0 Å². The first-order valence-electron chi connectivity index (χ1n) is 7.03. The second kappa shape index (κ2) is 5.97. The summed E-state index contributed by atoms with van der Waals surface area (Å²) in [5, 5.41) is 1.97. The number of hydrazine groups is 1. The molecule has 1 aliphatic heterocycles. The van der Waals surface area contributed by atoms with Gasteiger partial charge in [-0.25, -0.2) is 5.01 Å². The van der Waals surface area contributed by atoms with E-state index in [4.69, 9.17) is 4.74 Å². The van der Waals surface area contributed by atoms with Crippen LogP contribution in [0.25, 0.3) is 0 Å². The molecule has 1 heterocycles. The largest absolute Gasteiger partial charge is 0.497 e. The molecule has 0 radical (unpaired) electrons. The average molecular weight is 282 g/mol. The second-order valence-corrected chi connectivity index (χ2v) is 5.11. The molecule has 1 N–H and O–H groups in total. The van der Waals surface area contributed by atoms with E-state index in [1.165, 1.54) is 11.1 Å². The Kier molecular flexibility index (Phi) is 3.88. The minimum absolute atomic E-state index is 0.0861. The van der Waals surface area contributed by atoms with Crippen molar-refractivity contribution in [2.75, 3.05) is 13.7 Å². The Morgan fingerprint density at radius 1 is 1.10 bits per heavy atom. The number of benzene rings is 2. The van der Waals surface area contributed by atoms with Gasteiger partial charge in [0.05, 0.1) is 7.11 Å². The first-order valence-corrected chi connectivity index (χ1v) is 7.03. The predicted octanol–water partition coefficient (Wildman–Crippen LogP) is 2.40. The maximum absolute atomic E-state index is 12.2. The molecule has 0 aromatic heterocycles. The van der Waals surface area contributed by atoms with Gasteiger partial charge in [-0.1, -0.05) is 24.3 Å². The summed E-state index contributed by atoms with van der Waals surface area (Å²) in [5.74, 6) is 0.662. The summed E-state index contributed by atoms with van der Waals surface area (Å²) < 4.78 is 5.10. The first-order chi connectivity index (χ1) is 10.3. The van der Waals surface area contributed by atoms with Crippen molar-refractivity contribution in [3.05, 3.63) is 65.2 Å². The molecule has 0 saturated heterocycles. The lowest BCUT2D eigenvalue weighted by molar-refractivity contribution is 0.0764. The van der Waals surface area contributed by atoms with Crippen LogP contribution in [0.5, 0.6) is 5.75 Å². The van der Waals surface area contributed by atoms with E-state index in [0.717, 1.165) is 25.3 Å². The Hall–Kier alpha value is -2.33. The van der Waals surface area contributed by atoms with Gasteiger partial charge < -0.3 is 4.74 Å². The minimum atomic E-state index is -0.0861. The number of nitrogens with one attached hydrogen (secondary N) is 1. The van der Waals surface area contributed by atoms with Crippen molar-refractivity contribution >= 4 is 5.91 Å². The summed E-state index contributed by atoms with van der Waals surface area (Å²) in [7, 11) is 1.61. The zero-order chi connectivity index (χ0) is 14.7. The number of hydrogen-bond donors (Lipinski definition) is 1. The summed E-state index contributed by atoms with van der Waals surface area (Å²) in [6.07, 6.45) is 0.957. The molecule has 0 aliphatic carbocycles. The van der Waals surface area contributed by atoms with Crippen LogP contribution < -0.4 is 10.2 Å². The van der Waals surface area contributed by atoms with Crippen molar-refractivity contribution in [3.63, 3.8) is 0 Å². The van der Waals surface area contributed by atoms with E-state index in [1.807, 2.05) is 11.1 Å². The fourth-order valence-electron chi connectivity index (χ4n) is 2.54. The Balaban J connectivity index is 1.65. The second-order valence-electron chi connectivity index (χ2n) is 5.11. The van der Waals surface area contributed by atoms with E-state index < -0.39 is 0 Å². The summed E-state index contributed by atoms with van der Waals surface area (Å²) in [5.41, 5.74) is 6.25. The van der Waals surface area contributed by atoms with Crippen LogP contribution in [0, 0.1) is 0 Å². The fraction of sp³-hybridized carbons (Fsp3) is 0.235. The summed E-state index contributed by atoms with van der Waals surface area (Å²) in [6.45, 7) is 1.58. The van der Waals surface area contributed by atoms with Gasteiger partial charge in [-0.15, -0.1) is 0 Å². The van der Waals surface area contributed by atoms with E-state index in [9.17, 15) is 4.79 Å². The van der Waals surface area contributed by atoms with Crippen LogP contribution in [0.15, 0.2) is 48.5 Å². The molecular formula is C17H18N2O2. The lowest BCUT2D eigenvalue weighted by Gasteiger charge is -2.28. The molecule has 1 aliphatic rings. The third kappa shape index (κ3) is 3.06. The third-order valence-corrected chi connectivity index (χ3v) is 3.74. The summed E-state index contributed by atoms with van der Waals surface area (Å²) in [4.78, 5) is 12.2. The number of fused-ring (bicyclic) bond motifs is 1. The molecular weight excluding hydrogens is 264 g/mol. The van der Waals surface area contributed by atoms with Crippen molar-refractivity contribution in [2.24, 2.45) is 0 Å². The molecule has 2 aromatic carbocycles. The highest BCUT2D eigenvalue weighted by molar-refractivity contribution is 5.93. The van der Waals surface area contributed by atoms with Gasteiger partial charge in [0.1, 0.15) is 5.75 Å². The van der Waals surface area contributed by atoms with Crippen LogP contribution >= 0.6 is 0 Å². The lowest BCUT2D eigenvalue weighted by atomic mass is 10.0. The van der Waals surface area contributed by atoms with Crippen molar-refractivity contribution in [3.8, 4) is 5.75 Å². The maximum Gasteiger partial charge on any atom is 0.265 e. The average Bonchev–Trinajstić information content (AvgIpc) is 2.55. The Labute approximate surface area is 124 Å². The topological polar surface area (TPSA) is 41.6 Å². The lowest BCUT2D eigenvalue weighted by Crippen LogP contribution is -2.44. The zero-order valence-corrected chi connectivity index (χ0v) is 12.0. The standard InChI is InChI=1S/C17H18N2O2/c1-21-16-8-6-14(7-9-16)17(20)18-19-11-10-13-4-2-3-5-15(13)12-19/h2-9H,10-12H2,1H3,(H,18,20). The van der Waals surface area contributed by atoms with Gasteiger partial charge in [-0.3, -0.25) is 10.2 Å². The van der Waals surface area contributed by atoms with E-state index in [1.54, 1.807) is 31.4 Å². The van der Waals surface area contributed by atoms with Gasteiger partial charge >= 0.3 is 0 Å². The summed E-state index contributed by atoms with van der Waals surface area (Å²) in [6, 6.07) is 15.5. The molecule has 0 bridgehead atoms. The number of amides is 1. The molecule has 0 saturated carbocycles. The predicted molar refractivity (Wildman–Crippen MR) is 81.0 cm³/mol. The minimum Gasteiger partial charge on any atom is -0.497 e. The Bertz CT molecular complexity index is 637. The number of carbonyl (C=O) groups excluding carboxylic acids is 1. The normalized spacial score (nSPS) is 14.3. The quantitative estimate of drug-likeness (QED) is 0.940. The third-order valence-electron chi connectivity index (χ3n) is 3.74. The van der Waals surface area contributed by atoms with Crippen molar-refractivity contribution in [2.45, 2.75) is 13.0 Å². The maximum atomic E-state index is 12.2. The van der Waals surface area contributed by atoms with Crippen molar-refractivity contribution < 1.29 is 9.53 Å². The van der Waals surface area contributed by atoms with Gasteiger partial charge in [-0.05, 0) is 41.8 Å². The van der Waals surface area contributed by atoms with E-state index >= 15 is 0 Å². The van der Waals surface area contributed by atoms with E-state index in [-0.39, 0.29) is 5.91 Å². The number of nitrogens with zero attached hydrogens (tertiary/aromatic N) is 1. The monoisotopic (exact) mass is 282 g/mol. The SMILES string of the molecule is COc1ccc(C(=O)NN2CCc3ccccc3C2)cc1. The molecule has 2 aromatic rings. The molecule has 0 spiro atoms. The molecule has 108 valence electrons. The van der Waals surface area contributed by atoms with Crippen LogP contribution in [0.3, 0.4) is 0 Å². The van der Waals surface area contributed by atoms with Crippen LogP contribution in [-0.2, 0) is 13.0 Å². The van der Waals surface area contributed by atoms with Crippen molar-refractivity contribution in [1.29, 1.82) is 0 Å². The molecule has 0 atom stereocenters. The highest BCUT2D eigenvalue weighted by Gasteiger charge is 2.17. The molecule has 4 nitrogen and oxygen atoms in total. The highest BCUT2D eigenvalue weighted by atomic mass is 16.5. The molecule has 21 heavy (non-hydrogen) atoms. The molecule has 0 unspecified atom stereocenters. The fourth-order valence-corrected chi connectivity index (χ4v) is 2.54. The first kappa shape index (κ1) is 13.6. The van der Waals surface area contributed by atoms with Crippen LogP contribution in [0.1, 0.15) is 21.5 Å². The van der Waals surface area contributed by atoms with E-state index in [2.05, 4.69) is 23.6 Å². The van der Waals surface area contributed by atoms with Gasteiger partial charge in [0.15, 0.2) is 0 Å². The van der Waals surface area contributed by atoms with Crippen LogP contribution in [0.2, 0.25) is 0 Å². The van der Waals surface area contributed by atoms with Gasteiger partial charge in [0, 0.05) is 18.7 Å². The highest BCUT2D eigenvalue weighted by Crippen LogP contribution is 2.17. The summed E-state index contributed by atoms with van der Waals surface area (Å²) >= 11 is 0. The molecule has 0 fully saturated rings. The molecule has 1 amide bonds. The number of hydrogen-bond acceptors (Lipinski definition) is 3.